The summed E-state index contributed by atoms with van der Waals surface area (Å²) in [6.07, 6.45) is 1.10. The van der Waals surface area contributed by atoms with Crippen LogP contribution in [-0.4, -0.2) is 26.9 Å². The maximum Gasteiger partial charge on any atom is 0.259 e. The molecule has 1 aromatic heterocycles. The summed E-state index contributed by atoms with van der Waals surface area (Å²) in [7, 11) is 0. The quantitative estimate of drug-likeness (QED) is 0.841. The second-order valence-corrected chi connectivity index (χ2v) is 7.81. The Kier molecular flexibility index (Phi) is 4.66. The number of hydrogen-bond acceptors (Lipinski definition) is 6. The van der Waals surface area contributed by atoms with Gasteiger partial charge >= 0.3 is 0 Å². The number of anilines is 1. The van der Waals surface area contributed by atoms with Crippen molar-refractivity contribution >= 4 is 40.8 Å². The van der Waals surface area contributed by atoms with E-state index in [0.717, 1.165) is 18.0 Å². The van der Waals surface area contributed by atoms with Gasteiger partial charge in [-0.15, -0.1) is 11.8 Å². The molecule has 3 rings (SSSR count). The second kappa shape index (κ2) is 6.50. The lowest BCUT2D eigenvalue weighted by molar-refractivity contribution is 0.421. The molecule has 0 bridgehead atoms. The Bertz CT molecular complexity index is 634. The van der Waals surface area contributed by atoms with Gasteiger partial charge in [0, 0.05) is 22.4 Å². The largest absolute Gasteiger partial charge is 0.399 e. The van der Waals surface area contributed by atoms with Crippen LogP contribution in [0.1, 0.15) is 24.4 Å². The molecule has 1 fully saturated rings. The fourth-order valence-electron chi connectivity index (χ4n) is 2.31. The Morgan fingerprint density at radius 3 is 3.00 bits per heavy atom. The lowest BCUT2D eigenvalue weighted by Gasteiger charge is -2.27. The predicted octanol–water partition coefficient (Wildman–Crippen LogP) is 4.27. The summed E-state index contributed by atoms with van der Waals surface area (Å²) in [4.78, 5) is 4.55. The molecule has 1 aliphatic rings. The van der Waals surface area contributed by atoms with E-state index in [1.54, 1.807) is 18.2 Å². The van der Waals surface area contributed by atoms with Crippen LogP contribution < -0.4 is 5.73 Å². The van der Waals surface area contributed by atoms with Crippen molar-refractivity contribution in [2.75, 3.05) is 17.2 Å². The van der Waals surface area contributed by atoms with Crippen molar-refractivity contribution in [3.8, 4) is 11.5 Å². The SMILES string of the molecule is CCC1SCCSC1c1noc(-c2cc(N)ccc2Cl)n1. The zero-order valence-electron chi connectivity index (χ0n) is 11.6. The normalized spacial score (nSPS) is 22.4. The van der Waals surface area contributed by atoms with E-state index in [4.69, 9.17) is 21.9 Å². The third kappa shape index (κ3) is 3.17. The molecule has 0 aliphatic carbocycles. The minimum Gasteiger partial charge on any atom is -0.399 e. The lowest BCUT2D eigenvalue weighted by Crippen LogP contribution is -2.19. The Balaban J connectivity index is 1.90. The summed E-state index contributed by atoms with van der Waals surface area (Å²) >= 11 is 10.1. The van der Waals surface area contributed by atoms with E-state index in [1.807, 2.05) is 23.5 Å². The number of benzene rings is 1. The minimum atomic E-state index is 0.283. The Morgan fingerprint density at radius 1 is 1.38 bits per heavy atom. The van der Waals surface area contributed by atoms with Crippen molar-refractivity contribution in [3.63, 3.8) is 0 Å². The summed E-state index contributed by atoms with van der Waals surface area (Å²) in [5.74, 6) is 3.50. The summed E-state index contributed by atoms with van der Waals surface area (Å²) < 4.78 is 5.41. The van der Waals surface area contributed by atoms with Gasteiger partial charge in [0.05, 0.1) is 15.8 Å². The molecule has 0 spiro atoms. The molecule has 2 atom stereocenters. The number of nitrogens with zero attached hydrogens (tertiary/aromatic N) is 2. The standard InChI is InChI=1S/C14H16ClN3OS2/c1-2-11-12(21-6-5-20-11)13-17-14(19-18-13)9-7-8(16)3-4-10(9)15/h3-4,7,11-12H,2,5-6,16H2,1H3. The Labute approximate surface area is 137 Å². The third-order valence-electron chi connectivity index (χ3n) is 3.37. The number of aromatic nitrogens is 2. The zero-order chi connectivity index (χ0) is 14.8. The number of rotatable bonds is 3. The first-order chi connectivity index (χ1) is 10.2. The fraction of sp³-hybridized carbons (Fsp3) is 0.429. The van der Waals surface area contributed by atoms with E-state index in [-0.39, 0.29) is 5.25 Å². The molecule has 2 unspecified atom stereocenters. The predicted molar refractivity (Wildman–Crippen MR) is 90.9 cm³/mol. The molecule has 7 heteroatoms. The maximum absolute atomic E-state index is 6.19. The summed E-state index contributed by atoms with van der Waals surface area (Å²) in [6.45, 7) is 2.20. The van der Waals surface area contributed by atoms with Crippen molar-refractivity contribution in [2.24, 2.45) is 0 Å². The second-order valence-electron chi connectivity index (χ2n) is 4.81. The maximum atomic E-state index is 6.19. The van der Waals surface area contributed by atoms with Gasteiger partial charge in [0.1, 0.15) is 0 Å². The van der Waals surface area contributed by atoms with Gasteiger partial charge in [0.2, 0.25) is 0 Å². The van der Waals surface area contributed by atoms with Gasteiger partial charge in [-0.2, -0.15) is 16.7 Å². The van der Waals surface area contributed by atoms with Crippen molar-refractivity contribution in [2.45, 2.75) is 23.8 Å². The van der Waals surface area contributed by atoms with Crippen molar-refractivity contribution in [1.29, 1.82) is 0 Å². The van der Waals surface area contributed by atoms with Crippen LogP contribution in [-0.2, 0) is 0 Å². The van der Waals surface area contributed by atoms with Crippen molar-refractivity contribution < 1.29 is 4.52 Å². The van der Waals surface area contributed by atoms with E-state index >= 15 is 0 Å². The van der Waals surface area contributed by atoms with E-state index in [1.165, 1.54) is 5.75 Å². The van der Waals surface area contributed by atoms with E-state index in [9.17, 15) is 0 Å². The number of halogens is 1. The van der Waals surface area contributed by atoms with Crippen molar-refractivity contribution in [1.82, 2.24) is 10.1 Å². The summed E-state index contributed by atoms with van der Waals surface area (Å²) in [5, 5.41) is 5.55. The molecular weight excluding hydrogens is 326 g/mol. The molecule has 2 heterocycles. The van der Waals surface area contributed by atoms with Gasteiger partial charge in [-0.1, -0.05) is 23.7 Å². The Hall–Kier alpha value is -0.850. The molecule has 2 aromatic rings. The summed E-state index contributed by atoms with van der Waals surface area (Å²) in [5.41, 5.74) is 7.12. The zero-order valence-corrected chi connectivity index (χ0v) is 14.0. The van der Waals surface area contributed by atoms with E-state index in [2.05, 4.69) is 17.1 Å². The molecule has 1 aromatic carbocycles. The van der Waals surface area contributed by atoms with Crippen molar-refractivity contribution in [3.05, 3.63) is 29.0 Å². The van der Waals surface area contributed by atoms with Gasteiger partial charge in [-0.05, 0) is 24.6 Å². The highest BCUT2D eigenvalue weighted by atomic mass is 35.5. The van der Waals surface area contributed by atoms with Gasteiger partial charge < -0.3 is 10.3 Å². The van der Waals surface area contributed by atoms with Crippen LogP contribution >= 0.6 is 35.1 Å². The highest BCUT2D eigenvalue weighted by Crippen LogP contribution is 2.43. The monoisotopic (exact) mass is 341 g/mol. The molecule has 1 saturated heterocycles. The van der Waals surface area contributed by atoms with Crippen LogP contribution in [0.3, 0.4) is 0 Å². The average molecular weight is 342 g/mol. The summed E-state index contributed by atoms with van der Waals surface area (Å²) in [6, 6.07) is 5.26. The van der Waals surface area contributed by atoms with Gasteiger partial charge in [0.25, 0.3) is 5.89 Å². The van der Waals surface area contributed by atoms with Gasteiger partial charge in [-0.25, -0.2) is 0 Å². The number of hydrogen-bond donors (Lipinski definition) is 1. The molecule has 0 radical (unpaired) electrons. The minimum absolute atomic E-state index is 0.283. The smallest absolute Gasteiger partial charge is 0.259 e. The topological polar surface area (TPSA) is 64.9 Å². The van der Waals surface area contributed by atoms with Crippen LogP contribution in [0.15, 0.2) is 22.7 Å². The van der Waals surface area contributed by atoms with E-state index < -0.39 is 0 Å². The van der Waals surface area contributed by atoms with Crippen LogP contribution in [0, 0.1) is 0 Å². The van der Waals surface area contributed by atoms with Crippen LogP contribution in [0.2, 0.25) is 5.02 Å². The highest BCUT2D eigenvalue weighted by molar-refractivity contribution is 8.06. The molecule has 2 N–H and O–H groups in total. The van der Waals surface area contributed by atoms with Crippen LogP contribution in [0.4, 0.5) is 5.69 Å². The number of nitrogen functional groups attached to an aromatic ring is 1. The molecule has 4 nitrogen and oxygen atoms in total. The fourth-order valence-corrected chi connectivity index (χ4v) is 5.49. The van der Waals surface area contributed by atoms with Gasteiger partial charge in [0.15, 0.2) is 5.82 Å². The molecule has 1 aliphatic heterocycles. The number of nitrogens with two attached hydrogens (primary N) is 1. The van der Waals surface area contributed by atoms with Crippen LogP contribution in [0.5, 0.6) is 0 Å². The molecule has 0 amide bonds. The molecule has 21 heavy (non-hydrogen) atoms. The molecule has 112 valence electrons. The third-order valence-corrected chi connectivity index (χ3v) is 6.94. The first-order valence-electron chi connectivity index (χ1n) is 6.81. The first-order valence-corrected chi connectivity index (χ1v) is 9.28. The lowest BCUT2D eigenvalue weighted by atomic mass is 10.2. The van der Waals surface area contributed by atoms with Gasteiger partial charge in [-0.3, -0.25) is 0 Å². The van der Waals surface area contributed by atoms with Crippen LogP contribution in [0.25, 0.3) is 11.5 Å². The molecule has 0 saturated carbocycles. The first kappa shape index (κ1) is 15.1. The molecular formula is C14H16ClN3OS2. The van der Waals surface area contributed by atoms with E-state index in [0.29, 0.717) is 27.4 Å². The number of thioether (sulfide) groups is 2. The highest BCUT2D eigenvalue weighted by Gasteiger charge is 2.30. The Morgan fingerprint density at radius 2 is 2.19 bits per heavy atom. The average Bonchev–Trinajstić information content (AvgIpc) is 2.99.